The van der Waals surface area contributed by atoms with Crippen LogP contribution in [0.25, 0.3) is 0 Å². The Hall–Kier alpha value is -1.35. The van der Waals surface area contributed by atoms with Gasteiger partial charge in [-0.25, -0.2) is 0 Å². The normalized spacial score (nSPS) is 19.9. The van der Waals surface area contributed by atoms with Crippen molar-refractivity contribution in [1.82, 2.24) is 10.2 Å². The highest BCUT2D eigenvalue weighted by Gasteiger charge is 2.20. The fourth-order valence-electron chi connectivity index (χ4n) is 2.74. The van der Waals surface area contributed by atoms with Gasteiger partial charge >= 0.3 is 0 Å². The summed E-state index contributed by atoms with van der Waals surface area (Å²) in [5, 5.41) is 4.39. The molecular formula is C17H19ClN2. The van der Waals surface area contributed by atoms with Crippen LogP contribution in [0.4, 0.5) is 0 Å². The molecule has 3 rings (SSSR count). The molecule has 0 unspecified atom stereocenters. The van der Waals surface area contributed by atoms with Crippen molar-refractivity contribution in [2.75, 3.05) is 19.6 Å². The second kappa shape index (κ2) is 6.40. The minimum absolute atomic E-state index is 0.367. The Kier molecular flexibility index (Phi) is 4.36. The molecule has 1 aliphatic heterocycles. The van der Waals surface area contributed by atoms with Crippen molar-refractivity contribution in [1.29, 1.82) is 0 Å². The third-order valence-electron chi connectivity index (χ3n) is 3.76. The van der Waals surface area contributed by atoms with Gasteiger partial charge in [0.1, 0.15) is 0 Å². The second-order valence-corrected chi connectivity index (χ2v) is 5.72. The Morgan fingerprint density at radius 1 is 1.10 bits per heavy atom. The predicted molar refractivity (Wildman–Crippen MR) is 83.9 cm³/mol. The highest BCUT2D eigenvalue weighted by Crippen LogP contribution is 2.21. The largest absolute Gasteiger partial charge is 0.308 e. The van der Waals surface area contributed by atoms with Crippen LogP contribution in [0.1, 0.15) is 17.2 Å². The molecule has 1 fully saturated rings. The van der Waals surface area contributed by atoms with Gasteiger partial charge < -0.3 is 5.32 Å². The van der Waals surface area contributed by atoms with Gasteiger partial charge in [0.2, 0.25) is 0 Å². The standard InChI is InChI=1S/C17H19ClN2/c18-16-8-4-7-15(11-16)17-13-20(10-9-19-17)12-14-5-2-1-3-6-14/h1-8,11,17,19H,9-10,12-13H2/t17-/m0/s1. The summed E-state index contributed by atoms with van der Waals surface area (Å²) in [5.74, 6) is 0. The molecule has 104 valence electrons. The van der Waals surface area contributed by atoms with Crippen molar-refractivity contribution >= 4 is 11.6 Å². The lowest BCUT2D eigenvalue weighted by molar-refractivity contribution is 0.193. The number of hydrogen-bond acceptors (Lipinski definition) is 2. The zero-order valence-corrected chi connectivity index (χ0v) is 12.2. The highest BCUT2D eigenvalue weighted by molar-refractivity contribution is 6.30. The van der Waals surface area contributed by atoms with Crippen molar-refractivity contribution in [3.05, 3.63) is 70.7 Å². The molecule has 0 radical (unpaired) electrons. The number of nitrogens with one attached hydrogen (secondary N) is 1. The summed E-state index contributed by atoms with van der Waals surface area (Å²) in [6.45, 7) is 4.14. The third kappa shape index (κ3) is 3.40. The lowest BCUT2D eigenvalue weighted by Gasteiger charge is -2.34. The first-order chi connectivity index (χ1) is 9.81. The van der Waals surface area contributed by atoms with Crippen molar-refractivity contribution in [2.24, 2.45) is 0 Å². The summed E-state index contributed by atoms with van der Waals surface area (Å²) in [4.78, 5) is 2.50. The molecule has 1 heterocycles. The van der Waals surface area contributed by atoms with E-state index in [0.717, 1.165) is 31.2 Å². The summed E-state index contributed by atoms with van der Waals surface area (Å²) in [6.07, 6.45) is 0. The minimum atomic E-state index is 0.367. The van der Waals surface area contributed by atoms with Crippen LogP contribution in [-0.2, 0) is 6.54 Å². The zero-order valence-electron chi connectivity index (χ0n) is 11.4. The van der Waals surface area contributed by atoms with Gasteiger partial charge in [-0.2, -0.15) is 0 Å². The van der Waals surface area contributed by atoms with Gasteiger partial charge in [0.05, 0.1) is 0 Å². The van der Waals surface area contributed by atoms with E-state index in [2.05, 4.69) is 52.7 Å². The molecule has 3 heteroatoms. The number of hydrogen-bond donors (Lipinski definition) is 1. The van der Waals surface area contributed by atoms with Gasteiger partial charge in [0.15, 0.2) is 0 Å². The molecule has 0 aliphatic carbocycles. The molecule has 0 saturated carbocycles. The van der Waals surface area contributed by atoms with Gasteiger partial charge in [-0.05, 0) is 23.3 Å². The molecule has 2 nitrogen and oxygen atoms in total. The van der Waals surface area contributed by atoms with E-state index < -0.39 is 0 Å². The van der Waals surface area contributed by atoms with E-state index in [0.29, 0.717) is 6.04 Å². The number of halogens is 1. The Labute approximate surface area is 125 Å². The molecule has 0 spiro atoms. The van der Waals surface area contributed by atoms with Crippen molar-refractivity contribution < 1.29 is 0 Å². The first-order valence-corrected chi connectivity index (χ1v) is 7.44. The minimum Gasteiger partial charge on any atom is -0.308 e. The second-order valence-electron chi connectivity index (χ2n) is 5.28. The molecule has 1 atom stereocenters. The molecule has 20 heavy (non-hydrogen) atoms. The molecule has 0 aromatic heterocycles. The quantitative estimate of drug-likeness (QED) is 0.929. The van der Waals surface area contributed by atoms with Crippen LogP contribution in [0.5, 0.6) is 0 Å². The fraction of sp³-hybridized carbons (Fsp3) is 0.294. The van der Waals surface area contributed by atoms with Crippen LogP contribution in [0.2, 0.25) is 5.02 Å². The van der Waals surface area contributed by atoms with Crippen LogP contribution in [-0.4, -0.2) is 24.5 Å². The maximum atomic E-state index is 6.09. The summed E-state index contributed by atoms with van der Waals surface area (Å²) in [6, 6.07) is 19.2. The van der Waals surface area contributed by atoms with Crippen LogP contribution < -0.4 is 5.32 Å². The summed E-state index contributed by atoms with van der Waals surface area (Å²) >= 11 is 6.09. The topological polar surface area (TPSA) is 15.3 Å². The van der Waals surface area contributed by atoms with Gasteiger partial charge in [-0.1, -0.05) is 54.1 Å². The molecular weight excluding hydrogens is 268 g/mol. The van der Waals surface area contributed by atoms with Crippen LogP contribution in [0, 0.1) is 0 Å². The zero-order chi connectivity index (χ0) is 13.8. The predicted octanol–water partition coefficient (Wildman–Crippen LogP) is 3.49. The maximum absolute atomic E-state index is 6.09. The van der Waals surface area contributed by atoms with E-state index in [4.69, 9.17) is 11.6 Å². The first kappa shape index (κ1) is 13.6. The number of benzene rings is 2. The number of piperazine rings is 1. The van der Waals surface area contributed by atoms with E-state index >= 15 is 0 Å². The number of rotatable bonds is 3. The maximum Gasteiger partial charge on any atom is 0.0450 e. The average Bonchev–Trinajstić information content (AvgIpc) is 2.49. The van der Waals surface area contributed by atoms with Crippen molar-refractivity contribution in [2.45, 2.75) is 12.6 Å². The fourth-order valence-corrected chi connectivity index (χ4v) is 2.94. The SMILES string of the molecule is Clc1cccc([C@@H]2CN(Cc3ccccc3)CCN2)c1. The molecule has 2 aromatic rings. The smallest absolute Gasteiger partial charge is 0.0450 e. The lowest BCUT2D eigenvalue weighted by atomic mass is 10.0. The number of nitrogens with zero attached hydrogens (tertiary/aromatic N) is 1. The molecule has 0 bridgehead atoms. The summed E-state index contributed by atoms with van der Waals surface area (Å²) in [7, 11) is 0. The lowest BCUT2D eigenvalue weighted by Crippen LogP contribution is -2.45. The van der Waals surface area contributed by atoms with Crippen molar-refractivity contribution in [3.8, 4) is 0 Å². The van der Waals surface area contributed by atoms with Crippen LogP contribution in [0.15, 0.2) is 54.6 Å². The molecule has 0 amide bonds. The van der Waals surface area contributed by atoms with Crippen molar-refractivity contribution in [3.63, 3.8) is 0 Å². The van der Waals surface area contributed by atoms with Gasteiger partial charge in [0.25, 0.3) is 0 Å². The molecule has 1 saturated heterocycles. The van der Waals surface area contributed by atoms with Gasteiger partial charge in [-0.3, -0.25) is 4.90 Å². The Morgan fingerprint density at radius 3 is 2.75 bits per heavy atom. The Morgan fingerprint density at radius 2 is 1.95 bits per heavy atom. The van der Waals surface area contributed by atoms with E-state index in [1.807, 2.05) is 12.1 Å². The first-order valence-electron chi connectivity index (χ1n) is 7.06. The molecule has 2 aromatic carbocycles. The van der Waals surface area contributed by atoms with Crippen LogP contribution >= 0.6 is 11.6 Å². The third-order valence-corrected chi connectivity index (χ3v) is 3.99. The Bertz CT molecular complexity index is 556. The molecule has 1 N–H and O–H groups in total. The average molecular weight is 287 g/mol. The summed E-state index contributed by atoms with van der Waals surface area (Å²) < 4.78 is 0. The Balaban J connectivity index is 1.67. The molecule has 1 aliphatic rings. The summed E-state index contributed by atoms with van der Waals surface area (Å²) in [5.41, 5.74) is 2.65. The van der Waals surface area contributed by atoms with E-state index in [9.17, 15) is 0 Å². The van der Waals surface area contributed by atoms with E-state index in [1.54, 1.807) is 0 Å². The van der Waals surface area contributed by atoms with Crippen LogP contribution in [0.3, 0.4) is 0 Å². The monoisotopic (exact) mass is 286 g/mol. The highest BCUT2D eigenvalue weighted by atomic mass is 35.5. The van der Waals surface area contributed by atoms with E-state index in [-0.39, 0.29) is 0 Å². The van der Waals surface area contributed by atoms with Gasteiger partial charge in [-0.15, -0.1) is 0 Å². The van der Waals surface area contributed by atoms with E-state index in [1.165, 1.54) is 11.1 Å². The van der Waals surface area contributed by atoms with Gasteiger partial charge in [0, 0.05) is 37.2 Å².